The van der Waals surface area contributed by atoms with Crippen LogP contribution in [0.2, 0.25) is 0 Å². The Balaban J connectivity index is 1.98. The zero-order valence-corrected chi connectivity index (χ0v) is 11.9. The number of benzene rings is 2. The average molecular weight is 325 g/mol. The van der Waals surface area contributed by atoms with E-state index in [9.17, 15) is 0 Å². The molecule has 2 aromatic carbocycles. The zero-order chi connectivity index (χ0) is 13.5. The molecule has 0 bridgehead atoms. The predicted molar refractivity (Wildman–Crippen MR) is 81.4 cm³/mol. The first-order valence-electron chi connectivity index (χ1n) is 6.17. The molecular formula is C15H9BrN4. The monoisotopic (exact) mass is 324 g/mol. The van der Waals surface area contributed by atoms with E-state index in [-0.39, 0.29) is 0 Å². The third-order valence-corrected chi connectivity index (χ3v) is 3.71. The van der Waals surface area contributed by atoms with Gasteiger partial charge in [0.15, 0.2) is 11.5 Å². The number of para-hydroxylation sites is 1. The van der Waals surface area contributed by atoms with E-state index < -0.39 is 0 Å². The van der Waals surface area contributed by atoms with Gasteiger partial charge >= 0.3 is 0 Å². The second-order valence-electron chi connectivity index (χ2n) is 4.47. The van der Waals surface area contributed by atoms with E-state index in [2.05, 4.69) is 31.0 Å². The molecule has 0 radical (unpaired) electrons. The summed E-state index contributed by atoms with van der Waals surface area (Å²) in [6.45, 7) is 0. The van der Waals surface area contributed by atoms with E-state index in [0.29, 0.717) is 5.82 Å². The zero-order valence-electron chi connectivity index (χ0n) is 10.4. The fourth-order valence-electron chi connectivity index (χ4n) is 2.20. The first-order valence-corrected chi connectivity index (χ1v) is 6.97. The lowest BCUT2D eigenvalue weighted by molar-refractivity contribution is 0.938. The quantitative estimate of drug-likeness (QED) is 0.536. The molecule has 0 atom stereocenters. The van der Waals surface area contributed by atoms with Crippen molar-refractivity contribution in [1.82, 2.24) is 19.6 Å². The topological polar surface area (TPSA) is 43.1 Å². The van der Waals surface area contributed by atoms with Crippen LogP contribution in [0.15, 0.2) is 59.3 Å². The molecule has 0 saturated heterocycles. The Hall–Kier alpha value is -2.27. The molecule has 0 unspecified atom stereocenters. The molecule has 5 heteroatoms. The van der Waals surface area contributed by atoms with Crippen molar-refractivity contribution in [1.29, 1.82) is 0 Å². The summed E-state index contributed by atoms with van der Waals surface area (Å²) >= 11 is 3.43. The van der Waals surface area contributed by atoms with Crippen LogP contribution in [0.25, 0.3) is 27.9 Å². The van der Waals surface area contributed by atoms with Crippen LogP contribution in [0.3, 0.4) is 0 Å². The van der Waals surface area contributed by atoms with Crippen molar-refractivity contribution in [3.05, 3.63) is 59.3 Å². The highest BCUT2D eigenvalue weighted by Gasteiger charge is 2.09. The first kappa shape index (κ1) is 11.5. The van der Waals surface area contributed by atoms with Crippen molar-refractivity contribution in [3.8, 4) is 11.4 Å². The molecule has 4 aromatic rings. The maximum Gasteiger partial charge on any atom is 0.182 e. The predicted octanol–water partition coefficient (Wildman–Crippen LogP) is 3.71. The van der Waals surface area contributed by atoms with Crippen molar-refractivity contribution < 1.29 is 0 Å². The Kier molecular flexibility index (Phi) is 2.53. The van der Waals surface area contributed by atoms with E-state index in [1.165, 1.54) is 0 Å². The summed E-state index contributed by atoms with van der Waals surface area (Å²) in [4.78, 5) is 9.02. The molecule has 0 aliphatic heterocycles. The highest BCUT2D eigenvalue weighted by atomic mass is 79.9. The fourth-order valence-corrected chi connectivity index (χ4v) is 2.47. The number of aromatic nitrogens is 4. The van der Waals surface area contributed by atoms with Crippen LogP contribution < -0.4 is 0 Å². The standard InChI is InChI=1S/C15H9BrN4/c16-11-7-5-10(6-8-11)14-18-15-12-3-1-2-4-13(12)17-9-20(15)19-14/h1-9H. The number of hydrogen-bond acceptors (Lipinski definition) is 3. The van der Waals surface area contributed by atoms with Gasteiger partial charge in [-0.05, 0) is 24.3 Å². The molecule has 2 aromatic heterocycles. The molecule has 2 heterocycles. The number of hydrogen-bond donors (Lipinski definition) is 0. The molecule has 0 saturated carbocycles. The van der Waals surface area contributed by atoms with Gasteiger partial charge in [0.25, 0.3) is 0 Å². The summed E-state index contributed by atoms with van der Waals surface area (Å²) in [6.07, 6.45) is 1.70. The van der Waals surface area contributed by atoms with Gasteiger partial charge in [0, 0.05) is 15.4 Å². The normalized spacial score (nSPS) is 11.2. The van der Waals surface area contributed by atoms with Gasteiger partial charge in [-0.15, -0.1) is 5.10 Å². The molecule has 0 amide bonds. The second-order valence-corrected chi connectivity index (χ2v) is 5.39. The van der Waals surface area contributed by atoms with Crippen molar-refractivity contribution in [2.75, 3.05) is 0 Å². The van der Waals surface area contributed by atoms with Crippen LogP contribution in [-0.2, 0) is 0 Å². The van der Waals surface area contributed by atoms with Gasteiger partial charge in [-0.1, -0.05) is 40.2 Å². The molecule has 0 aliphatic rings. The van der Waals surface area contributed by atoms with Crippen LogP contribution in [0, 0.1) is 0 Å². The number of halogens is 1. The molecule has 4 nitrogen and oxygen atoms in total. The number of rotatable bonds is 1. The van der Waals surface area contributed by atoms with Gasteiger partial charge in [-0.25, -0.2) is 14.5 Å². The van der Waals surface area contributed by atoms with Crippen LogP contribution in [0.4, 0.5) is 0 Å². The van der Waals surface area contributed by atoms with Gasteiger partial charge in [-0.2, -0.15) is 0 Å². The SMILES string of the molecule is Brc1ccc(-c2nc3c4ccccc4ncn3n2)cc1. The Morgan fingerprint density at radius 1 is 0.950 bits per heavy atom. The largest absolute Gasteiger partial charge is 0.236 e. The van der Waals surface area contributed by atoms with E-state index in [1.54, 1.807) is 10.8 Å². The third-order valence-electron chi connectivity index (χ3n) is 3.18. The minimum atomic E-state index is 0.704. The fraction of sp³-hybridized carbons (Fsp3) is 0. The summed E-state index contributed by atoms with van der Waals surface area (Å²) in [7, 11) is 0. The Labute approximate surface area is 123 Å². The summed E-state index contributed by atoms with van der Waals surface area (Å²) in [5, 5.41) is 5.50. The van der Waals surface area contributed by atoms with Crippen LogP contribution in [-0.4, -0.2) is 19.6 Å². The molecule has 0 aliphatic carbocycles. The van der Waals surface area contributed by atoms with Gasteiger partial charge in [-0.3, -0.25) is 0 Å². The maximum absolute atomic E-state index is 4.64. The lowest BCUT2D eigenvalue weighted by atomic mass is 10.2. The van der Waals surface area contributed by atoms with Crippen molar-refractivity contribution in [3.63, 3.8) is 0 Å². The van der Waals surface area contributed by atoms with Gasteiger partial charge < -0.3 is 0 Å². The van der Waals surface area contributed by atoms with Crippen molar-refractivity contribution in [2.24, 2.45) is 0 Å². The van der Waals surface area contributed by atoms with E-state index >= 15 is 0 Å². The maximum atomic E-state index is 4.64. The molecule has 96 valence electrons. The lowest BCUT2D eigenvalue weighted by Crippen LogP contribution is -1.90. The average Bonchev–Trinajstić information content (AvgIpc) is 2.92. The Morgan fingerprint density at radius 3 is 2.60 bits per heavy atom. The molecule has 4 rings (SSSR count). The molecule has 0 N–H and O–H groups in total. The highest BCUT2D eigenvalue weighted by Crippen LogP contribution is 2.22. The summed E-state index contributed by atoms with van der Waals surface area (Å²) < 4.78 is 2.76. The molecule has 0 fully saturated rings. The molecule has 0 spiro atoms. The van der Waals surface area contributed by atoms with Crippen molar-refractivity contribution in [2.45, 2.75) is 0 Å². The summed E-state index contributed by atoms with van der Waals surface area (Å²) in [6, 6.07) is 15.9. The molecule has 20 heavy (non-hydrogen) atoms. The van der Waals surface area contributed by atoms with Crippen LogP contribution in [0.1, 0.15) is 0 Å². The Bertz CT molecular complexity index is 912. The van der Waals surface area contributed by atoms with Gasteiger partial charge in [0.2, 0.25) is 0 Å². The summed E-state index contributed by atoms with van der Waals surface area (Å²) in [5.41, 5.74) is 2.74. The number of nitrogens with zero attached hydrogens (tertiary/aromatic N) is 4. The third kappa shape index (κ3) is 1.78. The van der Waals surface area contributed by atoms with Crippen LogP contribution >= 0.6 is 15.9 Å². The van der Waals surface area contributed by atoms with E-state index in [1.807, 2.05) is 48.5 Å². The van der Waals surface area contributed by atoms with Crippen molar-refractivity contribution >= 4 is 32.5 Å². The smallest absolute Gasteiger partial charge is 0.182 e. The minimum absolute atomic E-state index is 0.704. The second kappa shape index (κ2) is 4.38. The molecular weight excluding hydrogens is 316 g/mol. The van der Waals surface area contributed by atoms with Gasteiger partial charge in [0.05, 0.1) is 5.52 Å². The number of fused-ring (bicyclic) bond motifs is 3. The van der Waals surface area contributed by atoms with Crippen LogP contribution in [0.5, 0.6) is 0 Å². The van der Waals surface area contributed by atoms with Gasteiger partial charge in [0.1, 0.15) is 6.33 Å². The highest BCUT2D eigenvalue weighted by molar-refractivity contribution is 9.10. The van der Waals surface area contributed by atoms with E-state index in [0.717, 1.165) is 26.6 Å². The Morgan fingerprint density at radius 2 is 1.75 bits per heavy atom. The lowest BCUT2D eigenvalue weighted by Gasteiger charge is -1.96. The minimum Gasteiger partial charge on any atom is -0.236 e. The summed E-state index contributed by atoms with van der Waals surface area (Å²) in [5.74, 6) is 0.704. The van der Waals surface area contributed by atoms with E-state index in [4.69, 9.17) is 0 Å². The first-order chi connectivity index (χ1) is 9.81.